The van der Waals surface area contributed by atoms with Crippen LogP contribution >= 0.6 is 0 Å². The minimum Gasteiger partial charge on any atom is -0.396 e. The number of para-hydroxylation sites is 1. The summed E-state index contributed by atoms with van der Waals surface area (Å²) in [5.41, 5.74) is 4.41. The molecule has 3 heteroatoms. The van der Waals surface area contributed by atoms with Gasteiger partial charge in [0, 0.05) is 35.2 Å². The van der Waals surface area contributed by atoms with E-state index in [9.17, 15) is 5.11 Å². The zero-order valence-corrected chi connectivity index (χ0v) is 14.7. The van der Waals surface area contributed by atoms with Gasteiger partial charge in [0.25, 0.3) is 0 Å². The Kier molecular flexibility index (Phi) is 4.79. The van der Waals surface area contributed by atoms with Crippen LogP contribution in [0.4, 0.5) is 0 Å². The fraction of sp³-hybridized carbons (Fsp3) is 0.600. The van der Waals surface area contributed by atoms with E-state index in [0.717, 1.165) is 19.4 Å². The molecule has 1 heterocycles. The van der Waals surface area contributed by atoms with Crippen LogP contribution in [-0.2, 0) is 11.8 Å². The summed E-state index contributed by atoms with van der Waals surface area (Å²) >= 11 is 0. The van der Waals surface area contributed by atoms with Crippen LogP contribution in [0.5, 0.6) is 0 Å². The number of nitrogens with zero attached hydrogens (tertiary/aromatic N) is 1. The Hall–Kier alpha value is -1.32. The first-order chi connectivity index (χ1) is 11.1. The molecule has 0 aliphatic heterocycles. The van der Waals surface area contributed by atoms with E-state index in [4.69, 9.17) is 0 Å². The lowest BCUT2D eigenvalue weighted by Gasteiger charge is -2.44. The largest absolute Gasteiger partial charge is 0.396 e. The van der Waals surface area contributed by atoms with E-state index in [0.29, 0.717) is 5.92 Å². The lowest BCUT2D eigenvalue weighted by Crippen LogP contribution is -2.43. The van der Waals surface area contributed by atoms with Crippen molar-refractivity contribution in [2.45, 2.75) is 44.4 Å². The van der Waals surface area contributed by atoms with Crippen LogP contribution in [0.25, 0.3) is 10.9 Å². The second-order valence-corrected chi connectivity index (χ2v) is 7.36. The van der Waals surface area contributed by atoms with Crippen molar-refractivity contribution in [3.63, 3.8) is 0 Å². The Bertz CT molecular complexity index is 661. The van der Waals surface area contributed by atoms with E-state index in [-0.39, 0.29) is 12.0 Å². The summed E-state index contributed by atoms with van der Waals surface area (Å²) < 4.78 is 0. The molecule has 1 aliphatic rings. The molecule has 2 N–H and O–H groups in total. The molecule has 126 valence electrons. The lowest BCUT2D eigenvalue weighted by atomic mass is 9.62. The Morgan fingerprint density at radius 3 is 2.78 bits per heavy atom. The quantitative estimate of drug-likeness (QED) is 0.853. The number of aliphatic hydroxyl groups excluding tert-OH is 1. The molecule has 0 saturated heterocycles. The van der Waals surface area contributed by atoms with Gasteiger partial charge in [-0.1, -0.05) is 25.1 Å². The Morgan fingerprint density at radius 1 is 1.30 bits per heavy atom. The SMILES string of the molecule is CCC1(C(CCO)CN(C)C)CCCc2c1[nH]c1ccccc21. The molecule has 0 bridgehead atoms. The molecule has 0 amide bonds. The highest BCUT2D eigenvalue weighted by atomic mass is 16.3. The molecule has 1 aromatic heterocycles. The fourth-order valence-corrected chi connectivity index (χ4v) is 4.78. The first kappa shape index (κ1) is 16.5. The van der Waals surface area contributed by atoms with E-state index in [1.807, 2.05) is 0 Å². The minimum absolute atomic E-state index is 0.166. The molecule has 3 nitrogen and oxygen atoms in total. The summed E-state index contributed by atoms with van der Waals surface area (Å²) in [6, 6.07) is 8.71. The van der Waals surface area contributed by atoms with Gasteiger partial charge in [0.05, 0.1) is 0 Å². The third kappa shape index (κ3) is 2.81. The predicted octanol–water partition coefficient (Wildman–Crippen LogP) is 3.71. The van der Waals surface area contributed by atoms with Crippen LogP contribution in [-0.4, -0.2) is 42.2 Å². The molecule has 0 radical (unpaired) electrons. The van der Waals surface area contributed by atoms with Gasteiger partial charge >= 0.3 is 0 Å². The van der Waals surface area contributed by atoms with Gasteiger partial charge in [0.1, 0.15) is 0 Å². The zero-order chi connectivity index (χ0) is 16.4. The fourth-order valence-electron chi connectivity index (χ4n) is 4.78. The molecule has 1 aliphatic carbocycles. The molecule has 0 saturated carbocycles. The molecule has 0 fully saturated rings. The van der Waals surface area contributed by atoms with Crippen LogP contribution in [0.3, 0.4) is 0 Å². The number of rotatable bonds is 6. The van der Waals surface area contributed by atoms with Crippen LogP contribution in [0.1, 0.15) is 43.9 Å². The van der Waals surface area contributed by atoms with Crippen molar-refractivity contribution >= 4 is 10.9 Å². The number of fused-ring (bicyclic) bond motifs is 3. The molecule has 2 aromatic rings. The third-order valence-corrected chi connectivity index (χ3v) is 5.84. The van der Waals surface area contributed by atoms with Gasteiger partial charge in [0.2, 0.25) is 0 Å². The Labute approximate surface area is 139 Å². The Balaban J connectivity index is 2.12. The van der Waals surface area contributed by atoms with Crippen LogP contribution in [0, 0.1) is 5.92 Å². The van der Waals surface area contributed by atoms with Gasteiger partial charge < -0.3 is 15.0 Å². The highest BCUT2D eigenvalue weighted by Gasteiger charge is 2.43. The van der Waals surface area contributed by atoms with Gasteiger partial charge in [-0.2, -0.15) is 0 Å². The number of nitrogens with one attached hydrogen (secondary N) is 1. The first-order valence-corrected chi connectivity index (χ1v) is 8.98. The number of hydrogen-bond acceptors (Lipinski definition) is 2. The van der Waals surface area contributed by atoms with Crippen LogP contribution in [0.2, 0.25) is 0 Å². The van der Waals surface area contributed by atoms with E-state index in [1.165, 1.54) is 41.4 Å². The standard InChI is InChI=1S/C20H30N2O/c1-4-20(15(11-13-23)14-22(2)3)12-7-9-17-16-8-5-6-10-18(16)21-19(17)20/h5-6,8,10,15,21,23H,4,7,9,11-14H2,1-3H3. The van der Waals surface area contributed by atoms with Gasteiger partial charge in [-0.3, -0.25) is 0 Å². The second-order valence-electron chi connectivity index (χ2n) is 7.36. The van der Waals surface area contributed by atoms with Crippen LogP contribution in [0.15, 0.2) is 24.3 Å². The van der Waals surface area contributed by atoms with Crippen molar-refractivity contribution in [2.24, 2.45) is 5.92 Å². The predicted molar refractivity (Wildman–Crippen MR) is 97.0 cm³/mol. The lowest BCUT2D eigenvalue weighted by molar-refractivity contribution is 0.134. The van der Waals surface area contributed by atoms with Crippen molar-refractivity contribution in [3.05, 3.63) is 35.5 Å². The van der Waals surface area contributed by atoms with Crippen molar-refractivity contribution in [2.75, 3.05) is 27.2 Å². The average Bonchev–Trinajstić information content (AvgIpc) is 2.93. The van der Waals surface area contributed by atoms with E-state index in [1.54, 1.807) is 0 Å². The van der Waals surface area contributed by atoms with Crippen molar-refractivity contribution in [1.29, 1.82) is 0 Å². The number of H-pyrrole nitrogens is 1. The molecule has 2 atom stereocenters. The van der Waals surface area contributed by atoms with Crippen molar-refractivity contribution in [1.82, 2.24) is 9.88 Å². The van der Waals surface area contributed by atoms with Gasteiger partial charge in [-0.25, -0.2) is 0 Å². The van der Waals surface area contributed by atoms with Gasteiger partial charge in [-0.05, 0) is 63.7 Å². The number of aromatic amines is 1. The number of aromatic nitrogens is 1. The number of aryl methyl sites for hydroxylation is 1. The summed E-state index contributed by atoms with van der Waals surface area (Å²) in [4.78, 5) is 6.04. The normalized spacial score (nSPS) is 22.5. The maximum atomic E-state index is 9.65. The summed E-state index contributed by atoms with van der Waals surface area (Å²) in [6.07, 6.45) is 5.65. The van der Waals surface area contributed by atoms with Crippen molar-refractivity contribution in [3.8, 4) is 0 Å². The first-order valence-electron chi connectivity index (χ1n) is 8.98. The summed E-state index contributed by atoms with van der Waals surface area (Å²) in [7, 11) is 4.28. The molecule has 23 heavy (non-hydrogen) atoms. The molecule has 2 unspecified atom stereocenters. The van der Waals surface area contributed by atoms with E-state index in [2.05, 4.69) is 55.2 Å². The molecule has 1 aromatic carbocycles. The van der Waals surface area contributed by atoms with E-state index < -0.39 is 0 Å². The molecule has 0 spiro atoms. The molecular weight excluding hydrogens is 284 g/mol. The monoisotopic (exact) mass is 314 g/mol. The third-order valence-electron chi connectivity index (χ3n) is 5.84. The van der Waals surface area contributed by atoms with Crippen molar-refractivity contribution < 1.29 is 5.11 Å². The highest BCUT2D eigenvalue weighted by molar-refractivity contribution is 5.85. The average molecular weight is 314 g/mol. The smallest absolute Gasteiger partial charge is 0.0459 e. The summed E-state index contributed by atoms with van der Waals surface area (Å²) in [5, 5.41) is 11.0. The van der Waals surface area contributed by atoms with Gasteiger partial charge in [-0.15, -0.1) is 0 Å². The maximum Gasteiger partial charge on any atom is 0.0459 e. The number of benzene rings is 1. The van der Waals surface area contributed by atoms with E-state index >= 15 is 0 Å². The number of hydrogen-bond donors (Lipinski definition) is 2. The van der Waals surface area contributed by atoms with Gasteiger partial charge in [0.15, 0.2) is 0 Å². The number of aliphatic hydroxyl groups is 1. The maximum absolute atomic E-state index is 9.65. The Morgan fingerprint density at radius 2 is 2.09 bits per heavy atom. The molecular formula is C20H30N2O. The summed E-state index contributed by atoms with van der Waals surface area (Å²) in [6.45, 7) is 3.62. The topological polar surface area (TPSA) is 39.3 Å². The zero-order valence-electron chi connectivity index (χ0n) is 14.7. The summed E-state index contributed by atoms with van der Waals surface area (Å²) in [5.74, 6) is 0.486. The van der Waals surface area contributed by atoms with Crippen LogP contribution < -0.4 is 0 Å². The highest BCUT2D eigenvalue weighted by Crippen LogP contribution is 2.48. The second kappa shape index (κ2) is 6.66. The minimum atomic E-state index is 0.166. The molecule has 3 rings (SSSR count).